The molecule has 7 heteroatoms. The molecule has 0 spiro atoms. The lowest BCUT2D eigenvalue weighted by Gasteiger charge is -2.35. The van der Waals surface area contributed by atoms with Crippen molar-refractivity contribution in [3.63, 3.8) is 0 Å². The normalized spacial score (nSPS) is 21.6. The second-order valence-corrected chi connectivity index (χ2v) is 7.65. The van der Waals surface area contributed by atoms with Crippen molar-refractivity contribution in [1.29, 1.82) is 0 Å². The maximum Gasteiger partial charge on any atom is 0.317 e. The van der Waals surface area contributed by atoms with E-state index in [9.17, 15) is 9.59 Å². The number of hydrogen-bond acceptors (Lipinski definition) is 4. The van der Waals surface area contributed by atoms with E-state index in [-0.39, 0.29) is 18.0 Å². The summed E-state index contributed by atoms with van der Waals surface area (Å²) in [6, 6.07) is 3.80. The highest BCUT2D eigenvalue weighted by atomic mass is 32.1. The lowest BCUT2D eigenvalue weighted by Crippen LogP contribution is -2.54. The van der Waals surface area contributed by atoms with Crippen LogP contribution in [-0.4, -0.2) is 67.2 Å². The van der Waals surface area contributed by atoms with Gasteiger partial charge in [-0.1, -0.05) is 0 Å². The van der Waals surface area contributed by atoms with Crippen LogP contribution in [0.3, 0.4) is 0 Å². The van der Waals surface area contributed by atoms with E-state index in [2.05, 4.69) is 5.32 Å². The minimum absolute atomic E-state index is 0.0526. The Bertz CT molecular complexity index is 575. The van der Waals surface area contributed by atoms with Gasteiger partial charge in [0.05, 0.1) is 11.0 Å². The molecule has 2 aliphatic heterocycles. The van der Waals surface area contributed by atoms with Crippen LogP contribution in [0.25, 0.3) is 0 Å². The van der Waals surface area contributed by atoms with E-state index in [0.29, 0.717) is 32.7 Å². The molecule has 3 rings (SSSR count). The van der Waals surface area contributed by atoms with Crippen molar-refractivity contribution in [3.8, 4) is 0 Å². The van der Waals surface area contributed by atoms with Gasteiger partial charge in [-0.15, -0.1) is 11.3 Å². The van der Waals surface area contributed by atoms with Crippen LogP contribution in [0, 0.1) is 6.92 Å². The predicted molar refractivity (Wildman–Crippen MR) is 93.5 cm³/mol. The SMILES string of the molecule is Cc1ccc(C(=O)N2CCN(C(=O)NCC3CCCCO3)CC2)s1. The summed E-state index contributed by atoms with van der Waals surface area (Å²) in [4.78, 5) is 30.2. The van der Waals surface area contributed by atoms with Crippen LogP contribution in [0.15, 0.2) is 12.1 Å². The third kappa shape index (κ3) is 4.27. The molecule has 1 atom stereocenters. The van der Waals surface area contributed by atoms with Crippen molar-refractivity contribution in [2.75, 3.05) is 39.3 Å². The van der Waals surface area contributed by atoms with Gasteiger partial charge in [0, 0.05) is 44.2 Å². The lowest BCUT2D eigenvalue weighted by molar-refractivity contribution is 0.0174. The summed E-state index contributed by atoms with van der Waals surface area (Å²) in [6.45, 7) is 5.70. The first kappa shape index (κ1) is 17.2. The quantitative estimate of drug-likeness (QED) is 0.907. The molecule has 1 N–H and O–H groups in total. The van der Waals surface area contributed by atoms with E-state index < -0.39 is 0 Å². The molecule has 2 aliphatic rings. The Labute approximate surface area is 146 Å². The fourth-order valence-electron chi connectivity index (χ4n) is 3.10. The van der Waals surface area contributed by atoms with Crippen LogP contribution >= 0.6 is 11.3 Å². The maximum absolute atomic E-state index is 12.4. The van der Waals surface area contributed by atoms with Gasteiger partial charge >= 0.3 is 6.03 Å². The van der Waals surface area contributed by atoms with Crippen LogP contribution in [0.1, 0.15) is 33.8 Å². The smallest absolute Gasteiger partial charge is 0.317 e. The number of carbonyl (C=O) groups excluding carboxylic acids is 2. The van der Waals surface area contributed by atoms with Crippen LogP contribution in [0.4, 0.5) is 4.79 Å². The maximum atomic E-state index is 12.4. The number of carbonyl (C=O) groups is 2. The number of thiophene rings is 1. The Hall–Kier alpha value is -1.60. The monoisotopic (exact) mass is 351 g/mol. The van der Waals surface area contributed by atoms with Gasteiger partial charge in [-0.3, -0.25) is 4.79 Å². The number of hydrogen-bond donors (Lipinski definition) is 1. The number of piperazine rings is 1. The molecule has 0 aromatic carbocycles. The first-order valence-electron chi connectivity index (χ1n) is 8.63. The first-order chi connectivity index (χ1) is 11.6. The highest BCUT2D eigenvalue weighted by Crippen LogP contribution is 2.18. The number of ether oxygens (including phenoxy) is 1. The van der Waals surface area contributed by atoms with E-state index in [1.54, 1.807) is 4.90 Å². The van der Waals surface area contributed by atoms with Crippen molar-refractivity contribution in [3.05, 3.63) is 21.9 Å². The summed E-state index contributed by atoms with van der Waals surface area (Å²) >= 11 is 1.52. The van der Waals surface area contributed by atoms with Gasteiger partial charge in [0.25, 0.3) is 5.91 Å². The van der Waals surface area contributed by atoms with E-state index in [4.69, 9.17) is 4.74 Å². The molecular formula is C17H25N3O3S. The van der Waals surface area contributed by atoms with Gasteiger partial charge in [-0.05, 0) is 38.3 Å². The number of rotatable bonds is 3. The second kappa shape index (κ2) is 7.98. The third-order valence-corrected chi connectivity index (χ3v) is 5.55. The highest BCUT2D eigenvalue weighted by molar-refractivity contribution is 7.13. The van der Waals surface area contributed by atoms with Crippen molar-refractivity contribution in [1.82, 2.24) is 15.1 Å². The van der Waals surface area contributed by atoms with Gasteiger partial charge in [0.15, 0.2) is 0 Å². The van der Waals surface area contributed by atoms with E-state index in [1.807, 2.05) is 24.0 Å². The molecule has 2 saturated heterocycles. The summed E-state index contributed by atoms with van der Waals surface area (Å²) < 4.78 is 5.63. The Morgan fingerprint density at radius 3 is 2.58 bits per heavy atom. The Morgan fingerprint density at radius 1 is 1.21 bits per heavy atom. The summed E-state index contributed by atoms with van der Waals surface area (Å²) in [5.74, 6) is 0.0729. The van der Waals surface area contributed by atoms with Crippen LogP contribution in [-0.2, 0) is 4.74 Å². The predicted octanol–water partition coefficient (Wildman–Crippen LogP) is 2.09. The number of urea groups is 1. The van der Waals surface area contributed by atoms with Crippen molar-refractivity contribution in [2.24, 2.45) is 0 Å². The Balaban J connectivity index is 1.42. The van der Waals surface area contributed by atoms with Gasteiger partial charge in [0.1, 0.15) is 0 Å². The van der Waals surface area contributed by atoms with Crippen LogP contribution < -0.4 is 5.32 Å². The average Bonchev–Trinajstić information content (AvgIpc) is 3.06. The van der Waals surface area contributed by atoms with Gasteiger partial charge in [0.2, 0.25) is 0 Å². The molecule has 132 valence electrons. The molecule has 1 aromatic heterocycles. The molecular weight excluding hydrogens is 326 g/mol. The third-order valence-electron chi connectivity index (χ3n) is 4.56. The van der Waals surface area contributed by atoms with Crippen LogP contribution in [0.5, 0.6) is 0 Å². The Kier molecular flexibility index (Phi) is 5.73. The van der Waals surface area contributed by atoms with E-state index in [0.717, 1.165) is 29.2 Å². The zero-order valence-corrected chi connectivity index (χ0v) is 14.9. The summed E-state index contributed by atoms with van der Waals surface area (Å²) in [5.41, 5.74) is 0. The molecule has 3 heterocycles. The van der Waals surface area contributed by atoms with Crippen molar-refractivity contribution in [2.45, 2.75) is 32.3 Å². The molecule has 0 bridgehead atoms. The molecule has 1 aromatic rings. The van der Waals surface area contributed by atoms with Crippen molar-refractivity contribution >= 4 is 23.3 Å². The average molecular weight is 351 g/mol. The molecule has 3 amide bonds. The van der Waals surface area contributed by atoms with Gasteiger partial charge < -0.3 is 19.9 Å². The molecule has 24 heavy (non-hydrogen) atoms. The topological polar surface area (TPSA) is 61.9 Å². The minimum Gasteiger partial charge on any atom is -0.376 e. The number of nitrogens with one attached hydrogen (secondary N) is 1. The standard InChI is InChI=1S/C17H25N3O3S/c1-13-5-6-15(24-13)16(21)19-7-9-20(10-8-19)17(22)18-12-14-4-2-3-11-23-14/h5-6,14H,2-4,7-12H2,1H3,(H,18,22). The molecule has 0 radical (unpaired) electrons. The lowest BCUT2D eigenvalue weighted by atomic mass is 10.1. The number of nitrogens with zero attached hydrogens (tertiary/aromatic N) is 2. The Morgan fingerprint density at radius 2 is 1.96 bits per heavy atom. The summed E-state index contributed by atoms with van der Waals surface area (Å²) in [5, 5.41) is 2.96. The molecule has 2 fully saturated rings. The summed E-state index contributed by atoms with van der Waals surface area (Å²) in [6.07, 6.45) is 3.45. The molecule has 0 aliphatic carbocycles. The summed E-state index contributed by atoms with van der Waals surface area (Å²) in [7, 11) is 0. The zero-order chi connectivity index (χ0) is 16.9. The van der Waals surface area contributed by atoms with Gasteiger partial charge in [-0.25, -0.2) is 4.79 Å². The second-order valence-electron chi connectivity index (χ2n) is 6.36. The molecule has 6 nitrogen and oxygen atoms in total. The zero-order valence-electron chi connectivity index (χ0n) is 14.1. The molecule has 0 saturated carbocycles. The number of aryl methyl sites for hydroxylation is 1. The van der Waals surface area contributed by atoms with E-state index >= 15 is 0 Å². The fraction of sp³-hybridized carbons (Fsp3) is 0.647. The van der Waals surface area contributed by atoms with Gasteiger partial charge in [-0.2, -0.15) is 0 Å². The first-order valence-corrected chi connectivity index (χ1v) is 9.45. The van der Waals surface area contributed by atoms with Crippen LogP contribution in [0.2, 0.25) is 0 Å². The molecule has 1 unspecified atom stereocenters. The van der Waals surface area contributed by atoms with E-state index in [1.165, 1.54) is 17.8 Å². The number of amides is 3. The fourth-order valence-corrected chi connectivity index (χ4v) is 3.93. The van der Waals surface area contributed by atoms with Crippen molar-refractivity contribution < 1.29 is 14.3 Å². The minimum atomic E-state index is -0.0526. The highest BCUT2D eigenvalue weighted by Gasteiger charge is 2.26. The largest absolute Gasteiger partial charge is 0.376 e.